The number of anilines is 3. The lowest BCUT2D eigenvalue weighted by Gasteiger charge is -2.44. The van der Waals surface area contributed by atoms with Crippen molar-refractivity contribution in [1.29, 1.82) is 10.5 Å². The minimum Gasteiger partial charge on any atom is -0.490 e. The number of piperidine rings is 2. The number of nitrogens with one attached hydrogen (secondary N) is 1. The number of alkyl halides is 2. The predicted molar refractivity (Wildman–Crippen MR) is 250 cm³/mol. The second kappa shape index (κ2) is 19.8. The number of nitriles is 2. The number of halogens is 3. The third kappa shape index (κ3) is 9.79. The van der Waals surface area contributed by atoms with Crippen LogP contribution in [0.4, 0.5) is 26.1 Å². The van der Waals surface area contributed by atoms with E-state index in [-0.39, 0.29) is 41.1 Å². The van der Waals surface area contributed by atoms with E-state index < -0.39 is 6.43 Å². The normalized spacial score (nSPS) is 23.5. The van der Waals surface area contributed by atoms with Crippen LogP contribution in [0.1, 0.15) is 122 Å². The lowest BCUT2D eigenvalue weighted by atomic mass is 9.79. The molecule has 4 aromatic rings. The molecule has 5 aliphatic rings. The van der Waals surface area contributed by atoms with Gasteiger partial charge >= 0.3 is 0 Å². The van der Waals surface area contributed by atoms with Gasteiger partial charge in [0.2, 0.25) is 5.91 Å². The van der Waals surface area contributed by atoms with Crippen molar-refractivity contribution in [1.82, 2.24) is 35.1 Å². The fourth-order valence-electron chi connectivity index (χ4n) is 11.2. The number of benzene rings is 2. The summed E-state index contributed by atoms with van der Waals surface area (Å²) in [6, 6.07) is 16.1. The fraction of sp³-hybridized carbons (Fsp3) is 0.540. The predicted octanol–water partition coefficient (Wildman–Crippen LogP) is 8.16. The molecule has 1 N–H and O–H groups in total. The number of carbonyl (C=O) groups is 2. The van der Waals surface area contributed by atoms with E-state index in [1.807, 2.05) is 17.0 Å². The number of aromatic nitrogens is 4. The molecular weight excluding hydrogens is 876 g/mol. The van der Waals surface area contributed by atoms with E-state index in [9.17, 15) is 23.6 Å². The SMILES string of the molecule is CC(=O)N1CCc2c(c(N3CCCc4cc(C#N)c(C(F)F)cc43)nn2C2CCN(CC3[C@H](C)CN(c4ccc(C(=O)NC5CCC(Oc6ccc(C#N)c(Cl)c6)CC5)nn4)C[C@@H]3C)CC2)C1. The maximum absolute atomic E-state index is 14.2. The number of fused-ring (bicyclic) bond motifs is 2. The average Bonchev–Trinajstić information content (AvgIpc) is 3.71. The molecule has 17 heteroatoms. The molecular formula is C50H58ClF2N11O3. The highest BCUT2D eigenvalue weighted by atomic mass is 35.5. The van der Waals surface area contributed by atoms with Crippen LogP contribution in [0.25, 0.3) is 0 Å². The van der Waals surface area contributed by atoms with Crippen molar-refractivity contribution in [2.24, 2.45) is 17.8 Å². The van der Waals surface area contributed by atoms with Crippen LogP contribution in [0.3, 0.4) is 0 Å². The largest absolute Gasteiger partial charge is 0.490 e. The maximum Gasteiger partial charge on any atom is 0.272 e. The van der Waals surface area contributed by atoms with Gasteiger partial charge in [0, 0.05) is 93.8 Å². The molecule has 0 radical (unpaired) electrons. The van der Waals surface area contributed by atoms with Gasteiger partial charge in [0.05, 0.1) is 40.9 Å². The van der Waals surface area contributed by atoms with Crippen LogP contribution in [-0.2, 0) is 24.2 Å². The quantitative estimate of drug-likeness (QED) is 0.164. The van der Waals surface area contributed by atoms with Crippen LogP contribution >= 0.6 is 11.6 Å². The lowest BCUT2D eigenvalue weighted by Crippen LogP contribution is -2.50. The van der Waals surface area contributed by atoms with Crippen molar-refractivity contribution in [3.63, 3.8) is 0 Å². The second-order valence-corrected chi connectivity index (χ2v) is 19.7. The van der Waals surface area contributed by atoms with Gasteiger partial charge in [-0.05, 0) is 111 Å². The number of hydrogen-bond donors (Lipinski definition) is 1. The van der Waals surface area contributed by atoms with Crippen LogP contribution in [0.15, 0.2) is 42.5 Å². The van der Waals surface area contributed by atoms with Gasteiger partial charge in [-0.3, -0.25) is 14.3 Å². The summed E-state index contributed by atoms with van der Waals surface area (Å²) in [6.07, 6.45) is 4.43. The van der Waals surface area contributed by atoms with E-state index in [0.29, 0.717) is 77.9 Å². The summed E-state index contributed by atoms with van der Waals surface area (Å²) in [5, 5.41) is 36.5. The number of likely N-dealkylation sites (tertiary alicyclic amines) is 1. The first-order valence-electron chi connectivity index (χ1n) is 23.8. The molecule has 4 aliphatic heterocycles. The second-order valence-electron chi connectivity index (χ2n) is 19.3. The molecule has 3 atom stereocenters. The van der Waals surface area contributed by atoms with Crippen LogP contribution in [0.5, 0.6) is 5.75 Å². The molecule has 67 heavy (non-hydrogen) atoms. The van der Waals surface area contributed by atoms with Crippen molar-refractivity contribution in [3.05, 3.63) is 86.7 Å². The van der Waals surface area contributed by atoms with Gasteiger partial charge < -0.3 is 29.7 Å². The Hall–Kier alpha value is -5.84. The Kier molecular flexibility index (Phi) is 13.7. The van der Waals surface area contributed by atoms with E-state index in [2.05, 4.69) is 54.8 Å². The molecule has 2 amide bonds. The van der Waals surface area contributed by atoms with Crippen LogP contribution in [0.2, 0.25) is 5.02 Å². The molecule has 352 valence electrons. The zero-order valence-electron chi connectivity index (χ0n) is 38.4. The number of nitrogens with zero attached hydrogens (tertiary/aromatic N) is 10. The third-order valence-corrected chi connectivity index (χ3v) is 15.2. The van der Waals surface area contributed by atoms with Gasteiger partial charge in [-0.15, -0.1) is 10.2 Å². The summed E-state index contributed by atoms with van der Waals surface area (Å²) in [4.78, 5) is 34.6. The third-order valence-electron chi connectivity index (χ3n) is 14.9. The van der Waals surface area contributed by atoms with Crippen LogP contribution < -0.4 is 19.9 Å². The molecule has 1 unspecified atom stereocenters. The fourth-order valence-corrected chi connectivity index (χ4v) is 11.4. The number of aryl methyl sites for hydroxylation is 1. The molecule has 1 aliphatic carbocycles. The van der Waals surface area contributed by atoms with Gasteiger partial charge in [-0.25, -0.2) is 8.78 Å². The Balaban J connectivity index is 0.786. The standard InChI is InChI=1S/C50H58ClF2N11O3/c1-30-26-62(47-13-12-44(57-58-47)50(66)56-36-7-10-38(11-8-36)67-39-9-6-34(24-54)43(51)22-39)27-31(2)41(30)28-60-18-14-37(15-19-60)64-45-16-20-61(32(3)65)29-42(45)49(59-64)63-17-4-5-33-21-35(25-55)40(48(52)53)23-46(33)63/h6,9,12-13,21-23,30-31,36-38,41,48H,4-5,7-8,10-11,14-20,26-29H2,1-3H3,(H,56,66)/t30-,31+,36?,38?,41?. The first-order valence-corrected chi connectivity index (χ1v) is 24.2. The van der Waals surface area contributed by atoms with Gasteiger partial charge in [0.15, 0.2) is 17.3 Å². The molecule has 14 nitrogen and oxygen atoms in total. The van der Waals surface area contributed by atoms with Gasteiger partial charge in [-0.2, -0.15) is 15.6 Å². The maximum atomic E-state index is 14.2. The summed E-state index contributed by atoms with van der Waals surface area (Å²) >= 11 is 6.18. The Morgan fingerprint density at radius 3 is 2.31 bits per heavy atom. The minimum atomic E-state index is -2.77. The van der Waals surface area contributed by atoms with Gasteiger partial charge in [0.1, 0.15) is 11.8 Å². The Bertz CT molecular complexity index is 2550. The topological polar surface area (TPSA) is 160 Å². The first-order chi connectivity index (χ1) is 32.4. The van der Waals surface area contributed by atoms with Gasteiger partial charge in [-0.1, -0.05) is 25.4 Å². The van der Waals surface area contributed by atoms with Crippen LogP contribution in [-0.4, -0.2) is 99.6 Å². The molecule has 3 fully saturated rings. The van der Waals surface area contributed by atoms with Gasteiger partial charge in [0.25, 0.3) is 12.3 Å². The smallest absolute Gasteiger partial charge is 0.272 e. The molecule has 9 rings (SSSR count). The molecule has 2 aromatic heterocycles. The summed E-state index contributed by atoms with van der Waals surface area (Å²) in [6.45, 7) is 12.5. The Labute approximate surface area is 395 Å². The zero-order chi connectivity index (χ0) is 46.9. The first kappa shape index (κ1) is 46.3. The molecule has 0 spiro atoms. The Morgan fingerprint density at radius 1 is 0.910 bits per heavy atom. The molecule has 0 bridgehead atoms. The summed E-state index contributed by atoms with van der Waals surface area (Å²) < 4.78 is 36.7. The molecule has 2 aromatic carbocycles. The summed E-state index contributed by atoms with van der Waals surface area (Å²) in [7, 11) is 0. The molecule has 1 saturated carbocycles. The van der Waals surface area contributed by atoms with E-state index in [1.165, 1.54) is 6.07 Å². The van der Waals surface area contributed by atoms with E-state index in [0.717, 1.165) is 106 Å². The highest BCUT2D eigenvalue weighted by Gasteiger charge is 2.38. The average molecular weight is 935 g/mol. The summed E-state index contributed by atoms with van der Waals surface area (Å²) in [5.41, 5.74) is 4.14. The monoisotopic (exact) mass is 933 g/mol. The van der Waals surface area contributed by atoms with Crippen molar-refractivity contribution in [3.8, 4) is 17.9 Å². The minimum absolute atomic E-state index is 0.00199. The molecule has 6 heterocycles. The van der Waals surface area contributed by atoms with Crippen molar-refractivity contribution in [2.75, 3.05) is 55.6 Å². The Morgan fingerprint density at radius 2 is 1.66 bits per heavy atom. The highest BCUT2D eigenvalue weighted by molar-refractivity contribution is 6.31. The number of carbonyl (C=O) groups excluding carboxylic acids is 2. The number of ether oxygens (including phenoxy) is 1. The van der Waals surface area contributed by atoms with Crippen molar-refractivity contribution in [2.45, 2.75) is 110 Å². The van der Waals surface area contributed by atoms with E-state index >= 15 is 0 Å². The number of rotatable bonds is 10. The summed E-state index contributed by atoms with van der Waals surface area (Å²) in [5.74, 6) is 3.24. The van der Waals surface area contributed by atoms with Crippen LogP contribution in [0, 0.1) is 40.4 Å². The van der Waals surface area contributed by atoms with E-state index in [4.69, 9.17) is 26.7 Å². The van der Waals surface area contributed by atoms with Crippen molar-refractivity contribution < 1.29 is 23.1 Å². The number of amides is 2. The lowest BCUT2D eigenvalue weighted by molar-refractivity contribution is -0.129. The molecule has 2 saturated heterocycles. The highest BCUT2D eigenvalue weighted by Crippen LogP contribution is 2.42. The number of hydrogen-bond acceptors (Lipinski definition) is 11. The van der Waals surface area contributed by atoms with Crippen molar-refractivity contribution >= 4 is 40.7 Å². The van der Waals surface area contributed by atoms with E-state index in [1.54, 1.807) is 37.3 Å². The zero-order valence-corrected chi connectivity index (χ0v) is 39.2.